The Bertz CT molecular complexity index is 1180. The third kappa shape index (κ3) is 5.18. The van der Waals surface area contributed by atoms with Crippen LogP contribution in [0.15, 0.2) is 21.0 Å². The monoisotopic (exact) mass is 513 g/mol. The number of aromatic hydroxyl groups is 1. The van der Waals surface area contributed by atoms with Gasteiger partial charge in [0, 0.05) is 18.0 Å². The van der Waals surface area contributed by atoms with Gasteiger partial charge in [0.15, 0.2) is 21.6 Å². The average molecular weight is 514 g/mol. The summed E-state index contributed by atoms with van der Waals surface area (Å²) in [5.74, 6) is 1.79. The molecule has 0 amide bonds. The second kappa shape index (κ2) is 10.4. The summed E-state index contributed by atoms with van der Waals surface area (Å²) in [6.07, 6.45) is 2.53. The van der Waals surface area contributed by atoms with Crippen molar-refractivity contribution in [2.45, 2.75) is 64.1 Å². The molecule has 0 aromatic carbocycles. The Morgan fingerprint density at radius 1 is 1.18 bits per heavy atom. The first-order valence-corrected chi connectivity index (χ1v) is 13.9. The number of hydrogen-bond acceptors (Lipinski definition) is 10. The average Bonchev–Trinajstić information content (AvgIpc) is 3.49. The summed E-state index contributed by atoms with van der Waals surface area (Å²) in [6.45, 7) is 12.2. The van der Waals surface area contributed by atoms with E-state index in [2.05, 4.69) is 33.2 Å². The van der Waals surface area contributed by atoms with E-state index in [9.17, 15) is 13.5 Å². The number of anilines is 3. The van der Waals surface area contributed by atoms with Crippen molar-refractivity contribution in [3.8, 4) is 5.75 Å². The van der Waals surface area contributed by atoms with Gasteiger partial charge in [-0.15, -0.1) is 11.3 Å². The number of nitrogens with zero attached hydrogens (tertiary/aromatic N) is 3. The number of sulfonamides is 1. The molecule has 33 heavy (non-hydrogen) atoms. The molecular formula is C21H31N5O4S3. The van der Waals surface area contributed by atoms with Crippen LogP contribution in [0.2, 0.25) is 0 Å². The molecule has 0 aliphatic carbocycles. The second-order valence-electron chi connectivity index (χ2n) is 7.89. The minimum Gasteiger partial charge on any atom is -0.504 e. The lowest BCUT2D eigenvalue weighted by Crippen LogP contribution is -2.30. The fourth-order valence-electron chi connectivity index (χ4n) is 3.39. The van der Waals surface area contributed by atoms with Crippen LogP contribution in [0.4, 0.5) is 17.3 Å². The van der Waals surface area contributed by atoms with Crippen molar-refractivity contribution in [2.24, 2.45) is 0 Å². The molecule has 3 rings (SSSR count). The van der Waals surface area contributed by atoms with Crippen LogP contribution in [-0.4, -0.2) is 39.7 Å². The molecule has 0 saturated carbocycles. The maximum absolute atomic E-state index is 12.9. The van der Waals surface area contributed by atoms with Crippen molar-refractivity contribution in [1.29, 1.82) is 0 Å². The van der Waals surface area contributed by atoms with Crippen LogP contribution in [0.5, 0.6) is 5.75 Å². The van der Waals surface area contributed by atoms with Gasteiger partial charge in [-0.05, 0) is 30.9 Å². The summed E-state index contributed by atoms with van der Waals surface area (Å²) >= 11 is 2.05. The molecule has 0 unspecified atom stereocenters. The summed E-state index contributed by atoms with van der Waals surface area (Å²) < 4.78 is 41.6. The van der Waals surface area contributed by atoms with Crippen molar-refractivity contribution in [2.75, 3.05) is 23.7 Å². The van der Waals surface area contributed by atoms with Crippen LogP contribution in [0.1, 0.15) is 69.2 Å². The van der Waals surface area contributed by atoms with Gasteiger partial charge >= 0.3 is 0 Å². The number of aromatic nitrogens is 2. The predicted molar refractivity (Wildman–Crippen MR) is 133 cm³/mol. The van der Waals surface area contributed by atoms with Crippen molar-refractivity contribution in [1.82, 2.24) is 13.1 Å². The van der Waals surface area contributed by atoms with E-state index in [-0.39, 0.29) is 16.0 Å². The molecule has 3 N–H and O–H groups in total. The molecule has 9 nitrogen and oxygen atoms in total. The number of hydrogen-bond donors (Lipinski definition) is 3. The van der Waals surface area contributed by atoms with Crippen molar-refractivity contribution in [3.63, 3.8) is 0 Å². The van der Waals surface area contributed by atoms with E-state index in [4.69, 9.17) is 4.42 Å². The zero-order chi connectivity index (χ0) is 24.3. The highest BCUT2D eigenvalue weighted by Gasteiger charge is 2.31. The first kappa shape index (κ1) is 25.5. The summed E-state index contributed by atoms with van der Waals surface area (Å²) in [4.78, 5) is 0.636. The summed E-state index contributed by atoms with van der Waals surface area (Å²) in [5, 5.41) is 17.2. The minimum atomic E-state index is -3.79. The highest BCUT2D eigenvalue weighted by molar-refractivity contribution is 7.91. The van der Waals surface area contributed by atoms with Crippen LogP contribution in [0, 0.1) is 6.92 Å². The molecule has 182 valence electrons. The lowest BCUT2D eigenvalue weighted by atomic mass is 10.1. The van der Waals surface area contributed by atoms with Crippen LogP contribution < -0.4 is 10.6 Å². The van der Waals surface area contributed by atoms with E-state index >= 15 is 0 Å². The predicted octanol–water partition coefficient (Wildman–Crippen LogP) is 5.67. The lowest BCUT2D eigenvalue weighted by molar-refractivity contribution is 0.434. The van der Waals surface area contributed by atoms with Crippen molar-refractivity contribution >= 4 is 50.4 Å². The fraction of sp³-hybridized carbons (Fsp3) is 0.524. The van der Waals surface area contributed by atoms with Crippen molar-refractivity contribution in [3.05, 3.63) is 28.5 Å². The Kier molecular flexibility index (Phi) is 8.04. The van der Waals surface area contributed by atoms with E-state index in [0.29, 0.717) is 41.2 Å². The largest absolute Gasteiger partial charge is 0.504 e. The Morgan fingerprint density at radius 3 is 2.42 bits per heavy atom. The number of rotatable bonds is 11. The Hall–Kier alpha value is -2.15. The zero-order valence-corrected chi connectivity index (χ0v) is 22.1. The van der Waals surface area contributed by atoms with Crippen LogP contribution in [0.25, 0.3) is 0 Å². The third-order valence-corrected chi connectivity index (χ3v) is 9.57. The van der Waals surface area contributed by atoms with Gasteiger partial charge in [0.05, 0.1) is 29.7 Å². The van der Waals surface area contributed by atoms with E-state index < -0.39 is 10.0 Å². The Morgan fingerprint density at radius 2 is 1.85 bits per heavy atom. The molecule has 0 aliphatic rings. The number of aryl methyl sites for hydroxylation is 1. The summed E-state index contributed by atoms with van der Waals surface area (Å²) in [5.41, 5.74) is 1.44. The Labute approximate surface area is 203 Å². The smallest absolute Gasteiger partial charge is 0.256 e. The quantitative estimate of drug-likeness (QED) is 0.300. The molecule has 0 aliphatic heterocycles. The maximum Gasteiger partial charge on any atom is 0.256 e. The SMILES string of the molecule is CC[C@@H](Nc1nsnc1Nc1c(C)sc(S(=O)(=O)N(CC)CC)c1O)c1cc(C(C)C)co1. The van der Waals surface area contributed by atoms with Crippen LogP contribution >= 0.6 is 23.1 Å². The highest BCUT2D eigenvalue weighted by Crippen LogP contribution is 2.45. The van der Waals surface area contributed by atoms with Gasteiger partial charge < -0.3 is 20.2 Å². The molecule has 3 aromatic heterocycles. The summed E-state index contributed by atoms with van der Waals surface area (Å²) in [7, 11) is -3.79. The van der Waals surface area contributed by atoms with Gasteiger partial charge in [-0.25, -0.2) is 8.42 Å². The van der Waals surface area contributed by atoms with Gasteiger partial charge in [0.2, 0.25) is 0 Å². The standard InChI is InChI=1S/C21H31N5O4S3/c1-7-15(16-10-14(11-30-16)12(4)5)22-19-20(25-32-24-19)23-17-13(6)31-21(18(17)27)33(28,29)26(8-2)9-3/h10-12,15,27H,7-9H2,1-6H3,(H,22,24)(H,23,25)/t15-/m1/s1. The highest BCUT2D eigenvalue weighted by atomic mass is 32.2. The molecule has 3 heterocycles. The van der Waals surface area contributed by atoms with E-state index in [1.165, 1.54) is 4.31 Å². The van der Waals surface area contributed by atoms with Gasteiger partial charge in [-0.1, -0.05) is 34.6 Å². The Balaban J connectivity index is 1.87. The second-order valence-corrected chi connectivity index (χ2v) is 11.8. The maximum atomic E-state index is 12.9. The van der Waals surface area contributed by atoms with Crippen LogP contribution in [0.3, 0.4) is 0 Å². The molecule has 0 saturated heterocycles. The number of furan rings is 1. The van der Waals surface area contributed by atoms with Gasteiger partial charge in [-0.2, -0.15) is 13.1 Å². The molecule has 3 aromatic rings. The molecule has 0 bridgehead atoms. The van der Waals surface area contributed by atoms with E-state index in [1.54, 1.807) is 27.0 Å². The molecular weight excluding hydrogens is 482 g/mol. The normalized spacial score (nSPS) is 13.1. The molecule has 0 fully saturated rings. The minimum absolute atomic E-state index is 0.0767. The van der Waals surface area contributed by atoms with Gasteiger partial charge in [0.1, 0.15) is 5.76 Å². The zero-order valence-electron chi connectivity index (χ0n) is 19.7. The van der Waals surface area contributed by atoms with E-state index in [0.717, 1.165) is 40.8 Å². The number of thiophene rings is 1. The molecule has 0 spiro atoms. The van der Waals surface area contributed by atoms with Gasteiger partial charge in [0.25, 0.3) is 10.0 Å². The number of nitrogens with one attached hydrogen (secondary N) is 2. The first-order valence-electron chi connectivity index (χ1n) is 10.9. The third-order valence-electron chi connectivity index (χ3n) is 5.41. The molecule has 0 radical (unpaired) electrons. The van der Waals surface area contributed by atoms with Crippen LogP contribution in [-0.2, 0) is 10.0 Å². The molecule has 1 atom stereocenters. The van der Waals surface area contributed by atoms with E-state index in [1.807, 2.05) is 13.0 Å². The first-order chi connectivity index (χ1) is 15.6. The van der Waals surface area contributed by atoms with Gasteiger partial charge in [-0.3, -0.25) is 0 Å². The van der Waals surface area contributed by atoms with Crippen molar-refractivity contribution < 1.29 is 17.9 Å². The topological polar surface area (TPSA) is 121 Å². The fourth-order valence-corrected chi connectivity index (χ4v) is 6.96. The summed E-state index contributed by atoms with van der Waals surface area (Å²) in [6, 6.07) is 1.93. The lowest BCUT2D eigenvalue weighted by Gasteiger charge is -2.17. The molecule has 12 heteroatoms.